The molecule has 13 nitrogen and oxygen atoms in total. The summed E-state index contributed by atoms with van der Waals surface area (Å²) in [6.45, 7) is 1.83. The number of ether oxygens (including phenoxy) is 2. The van der Waals surface area contributed by atoms with Gasteiger partial charge in [0.05, 0.1) is 32.0 Å². The number of ketones is 1. The van der Waals surface area contributed by atoms with Crippen LogP contribution in [0.5, 0.6) is 0 Å². The maximum atomic E-state index is 12.7. The fraction of sp³-hybridized carbons (Fsp3) is 0.646. The molecule has 62 heavy (non-hydrogen) atoms. The molecule has 7 atom stereocenters. The van der Waals surface area contributed by atoms with Crippen LogP contribution in [0, 0.1) is 11.8 Å². The van der Waals surface area contributed by atoms with Crippen molar-refractivity contribution < 1.29 is 62.8 Å². The Hall–Kier alpha value is -3.26. The lowest BCUT2D eigenvalue weighted by Gasteiger charge is -2.20. The van der Waals surface area contributed by atoms with Gasteiger partial charge in [0.2, 0.25) is 0 Å². The second-order valence-electron chi connectivity index (χ2n) is 15.5. The van der Waals surface area contributed by atoms with Gasteiger partial charge < -0.3 is 34.8 Å². The van der Waals surface area contributed by atoms with E-state index < -0.39 is 76.5 Å². The normalized spacial score (nSPS) is 19.9. The largest absolute Gasteiger partial charge is 0.472 e. The summed E-state index contributed by atoms with van der Waals surface area (Å²) in [6, 6.07) is 0. The Morgan fingerprint density at radius 2 is 1.29 bits per heavy atom. The van der Waals surface area contributed by atoms with Crippen molar-refractivity contribution in [1.82, 2.24) is 0 Å². The Labute approximate surface area is 371 Å². The minimum Gasteiger partial charge on any atom is -0.462 e. The van der Waals surface area contributed by atoms with Gasteiger partial charge in [-0.1, -0.05) is 131 Å². The molecule has 0 saturated heterocycles. The van der Waals surface area contributed by atoms with Crippen LogP contribution in [0.2, 0.25) is 0 Å². The number of aliphatic hydroxyl groups excluding tert-OH is 4. The van der Waals surface area contributed by atoms with Crippen LogP contribution in [0.4, 0.5) is 0 Å². The fourth-order valence-corrected chi connectivity index (χ4v) is 7.10. The van der Waals surface area contributed by atoms with E-state index in [9.17, 15) is 39.2 Å². The van der Waals surface area contributed by atoms with Gasteiger partial charge in [-0.05, 0) is 70.6 Å². The number of esters is 2. The number of aliphatic hydroxyl groups is 4. The van der Waals surface area contributed by atoms with Crippen molar-refractivity contribution >= 4 is 25.5 Å². The maximum Gasteiger partial charge on any atom is 0.472 e. The third-order valence-electron chi connectivity index (χ3n) is 9.90. The Bertz CT molecular complexity index is 1470. The number of phosphoric acid groups is 1. The molecule has 0 amide bonds. The van der Waals surface area contributed by atoms with Crippen LogP contribution in [0.25, 0.3) is 0 Å². The number of rotatable bonds is 37. The van der Waals surface area contributed by atoms with E-state index in [1.165, 1.54) is 19.3 Å². The highest BCUT2D eigenvalue weighted by Gasteiger charge is 2.39. The van der Waals surface area contributed by atoms with E-state index in [4.69, 9.17) is 19.1 Å². The Morgan fingerprint density at radius 1 is 0.726 bits per heavy atom. The first kappa shape index (κ1) is 56.8. The van der Waals surface area contributed by atoms with Gasteiger partial charge >= 0.3 is 19.8 Å². The molecule has 0 spiro atoms. The summed E-state index contributed by atoms with van der Waals surface area (Å²) >= 11 is 0. The quantitative estimate of drug-likeness (QED) is 0.0171. The molecule has 352 valence electrons. The van der Waals surface area contributed by atoms with Gasteiger partial charge in [-0.2, -0.15) is 0 Å². The van der Waals surface area contributed by atoms with E-state index in [0.717, 1.165) is 44.9 Å². The third kappa shape index (κ3) is 30.7. The molecule has 0 aromatic rings. The molecule has 1 rings (SSSR count). The summed E-state index contributed by atoms with van der Waals surface area (Å²) < 4.78 is 32.6. The first-order chi connectivity index (χ1) is 29.9. The SMILES string of the molecule is CCCCC/C=C\C/C=C\C/C=C\C/C=C\C/C=C\CCC(=O)OC[C@H](COP(=O)(O)OC[C@@H](O)CO)OC(=O)CCC/C=C\C[C@H]1C(=O)C[C@@H](O)[C@@H]1/C=C/[C@@H](O)CCCCC. The summed E-state index contributed by atoms with van der Waals surface area (Å²) in [5.74, 6) is -2.05. The number of allylic oxidation sites excluding steroid dienone is 12. The van der Waals surface area contributed by atoms with E-state index in [1.54, 1.807) is 12.2 Å². The van der Waals surface area contributed by atoms with Gasteiger partial charge in [0.15, 0.2) is 6.10 Å². The van der Waals surface area contributed by atoms with Crippen LogP contribution in [0.3, 0.4) is 0 Å². The molecule has 0 aliphatic heterocycles. The topological polar surface area (TPSA) is 206 Å². The molecule has 5 N–H and O–H groups in total. The molecule has 0 aromatic heterocycles. The molecule has 1 unspecified atom stereocenters. The molecule has 0 radical (unpaired) electrons. The molecular formula is C48H77O13P. The highest BCUT2D eigenvalue weighted by Crippen LogP contribution is 2.43. The number of unbranched alkanes of at least 4 members (excludes halogenated alkanes) is 6. The van der Waals surface area contributed by atoms with E-state index in [2.05, 4.69) is 60.9 Å². The minimum absolute atomic E-state index is 0.0304. The molecule has 1 aliphatic rings. The van der Waals surface area contributed by atoms with Crippen LogP contribution in [0.1, 0.15) is 136 Å². The summed E-state index contributed by atoms with van der Waals surface area (Å²) in [4.78, 5) is 47.7. The lowest BCUT2D eigenvalue weighted by molar-refractivity contribution is -0.161. The monoisotopic (exact) mass is 893 g/mol. The highest BCUT2D eigenvalue weighted by molar-refractivity contribution is 7.47. The summed E-state index contributed by atoms with van der Waals surface area (Å²) in [5.41, 5.74) is 0. The number of Topliss-reactive ketones (excluding diaryl/α,β-unsaturated/α-hetero) is 1. The zero-order valence-electron chi connectivity index (χ0n) is 37.3. The van der Waals surface area contributed by atoms with Crippen molar-refractivity contribution in [3.63, 3.8) is 0 Å². The predicted octanol–water partition coefficient (Wildman–Crippen LogP) is 8.81. The number of phosphoric ester groups is 1. The van der Waals surface area contributed by atoms with Crippen LogP contribution in [0.15, 0.2) is 85.1 Å². The fourth-order valence-electron chi connectivity index (χ4n) is 6.31. The van der Waals surface area contributed by atoms with Crippen LogP contribution in [-0.4, -0.2) is 93.9 Å². The summed E-state index contributed by atoms with van der Waals surface area (Å²) in [7, 11) is -4.72. The van der Waals surface area contributed by atoms with Gasteiger partial charge in [-0.3, -0.25) is 23.4 Å². The molecular weight excluding hydrogens is 815 g/mol. The van der Waals surface area contributed by atoms with Gasteiger partial charge in [0.1, 0.15) is 18.5 Å². The average molecular weight is 893 g/mol. The first-order valence-electron chi connectivity index (χ1n) is 22.6. The summed E-state index contributed by atoms with van der Waals surface area (Å²) in [6.07, 6.45) is 37.8. The molecule has 0 aromatic carbocycles. The number of hydrogen-bond donors (Lipinski definition) is 5. The zero-order valence-corrected chi connectivity index (χ0v) is 38.2. The zero-order chi connectivity index (χ0) is 45.7. The Kier molecular flexibility index (Phi) is 34.0. The second kappa shape index (κ2) is 37.1. The molecule has 0 heterocycles. The second-order valence-corrected chi connectivity index (χ2v) is 16.9. The van der Waals surface area contributed by atoms with Crippen molar-refractivity contribution in [3.8, 4) is 0 Å². The first-order valence-corrected chi connectivity index (χ1v) is 24.1. The van der Waals surface area contributed by atoms with Crippen molar-refractivity contribution in [3.05, 3.63) is 85.1 Å². The summed E-state index contributed by atoms with van der Waals surface area (Å²) in [5, 5.41) is 39.1. The van der Waals surface area contributed by atoms with E-state index in [1.807, 2.05) is 30.4 Å². The maximum absolute atomic E-state index is 12.7. The van der Waals surface area contributed by atoms with Gasteiger partial charge in [0, 0.05) is 31.1 Å². The van der Waals surface area contributed by atoms with Crippen molar-refractivity contribution in [2.45, 2.75) is 160 Å². The lowest BCUT2D eigenvalue weighted by atomic mass is 9.90. The molecule has 1 aliphatic carbocycles. The van der Waals surface area contributed by atoms with Crippen molar-refractivity contribution in [2.75, 3.05) is 26.4 Å². The van der Waals surface area contributed by atoms with Gasteiger partial charge in [0.25, 0.3) is 0 Å². The average Bonchev–Trinajstić information content (AvgIpc) is 3.52. The van der Waals surface area contributed by atoms with Crippen molar-refractivity contribution in [1.29, 1.82) is 0 Å². The molecule has 1 saturated carbocycles. The molecule has 1 fully saturated rings. The smallest absolute Gasteiger partial charge is 0.462 e. The predicted molar refractivity (Wildman–Crippen MR) is 243 cm³/mol. The van der Waals surface area contributed by atoms with Crippen LogP contribution >= 0.6 is 7.82 Å². The Morgan fingerprint density at radius 3 is 1.92 bits per heavy atom. The molecule has 14 heteroatoms. The van der Waals surface area contributed by atoms with Gasteiger partial charge in [-0.25, -0.2) is 4.57 Å². The van der Waals surface area contributed by atoms with Crippen LogP contribution < -0.4 is 0 Å². The van der Waals surface area contributed by atoms with E-state index >= 15 is 0 Å². The minimum atomic E-state index is -4.72. The molecule has 0 bridgehead atoms. The number of carbonyl (C=O) groups is 3. The number of carbonyl (C=O) groups excluding carboxylic acids is 3. The third-order valence-corrected chi connectivity index (χ3v) is 10.9. The number of hydrogen-bond acceptors (Lipinski definition) is 12. The lowest BCUT2D eigenvalue weighted by Crippen LogP contribution is -2.29. The standard InChI is InChI=1S/C48H77O13P/c1-3-5-7-8-9-10-11-12-13-14-15-16-17-18-19-20-21-22-27-31-47(54)58-38-42(39-60-62(56,57)59-37-41(51)36-49)61-48(55)32-28-24-23-26-30-43-44(46(53)35-45(43)52)34-33-40(50)29-25-6-4-2/h9-10,12-13,15-16,18-19,21-23,26,33-34,40-44,46,49-51,53H,3-8,11,14,17,20,24-25,27-32,35-39H2,1-2H3,(H,56,57)/b10-9-,13-12-,16-15-,19-18-,22-21-,26-23-,34-33+/t40-,41-,42+,43+,44+,46+/m0/s1. The van der Waals surface area contributed by atoms with Gasteiger partial charge in [-0.15, -0.1) is 0 Å². The van der Waals surface area contributed by atoms with E-state index in [0.29, 0.717) is 38.5 Å². The van der Waals surface area contributed by atoms with Crippen LogP contribution in [-0.2, 0) is 37.5 Å². The van der Waals surface area contributed by atoms with E-state index in [-0.39, 0.29) is 31.0 Å². The Balaban J connectivity index is 2.52. The highest BCUT2D eigenvalue weighted by atomic mass is 31.2. The van der Waals surface area contributed by atoms with Crippen molar-refractivity contribution in [2.24, 2.45) is 11.8 Å².